The normalized spacial score (nSPS) is 22.2. The van der Waals surface area contributed by atoms with Gasteiger partial charge in [0.25, 0.3) is 5.69 Å². The van der Waals surface area contributed by atoms with Gasteiger partial charge in [0.2, 0.25) is 10.0 Å². The lowest BCUT2D eigenvalue weighted by Crippen LogP contribution is -2.40. The minimum atomic E-state index is -3.82. The maximum absolute atomic E-state index is 13.1. The SMILES string of the molecule is O=[N+]([O-])c1cc(S(=O)(=O)N2CCOCC2)ccc1N[C@@H]1C[C@H]1c1ccc(F)cc1. The summed E-state index contributed by atoms with van der Waals surface area (Å²) < 4.78 is 45.1. The standard InChI is InChI=1S/C19H20FN3O5S/c20-14-3-1-13(2-4-14)16-12-18(16)21-17-6-5-15(11-19(17)23(24)25)29(26,27)22-7-9-28-10-8-22/h1-6,11,16,18,21H,7-10,12H2/t16-,18+/m0/s1. The average molecular weight is 421 g/mol. The van der Waals surface area contributed by atoms with E-state index in [0.717, 1.165) is 18.1 Å². The molecule has 1 heterocycles. The molecule has 0 spiro atoms. The van der Waals surface area contributed by atoms with Crippen LogP contribution in [0, 0.1) is 15.9 Å². The Labute approximate surface area is 167 Å². The number of hydrogen-bond donors (Lipinski definition) is 1. The highest BCUT2D eigenvalue weighted by atomic mass is 32.2. The summed E-state index contributed by atoms with van der Waals surface area (Å²) in [5, 5.41) is 14.7. The fourth-order valence-electron chi connectivity index (χ4n) is 3.51. The van der Waals surface area contributed by atoms with Crippen molar-refractivity contribution in [3.63, 3.8) is 0 Å². The number of halogens is 1. The van der Waals surface area contributed by atoms with Gasteiger partial charge in [0, 0.05) is 31.1 Å². The van der Waals surface area contributed by atoms with Crippen LogP contribution in [0.5, 0.6) is 0 Å². The van der Waals surface area contributed by atoms with Crippen LogP contribution in [0.4, 0.5) is 15.8 Å². The Morgan fingerprint density at radius 3 is 2.48 bits per heavy atom. The van der Waals surface area contributed by atoms with Crippen LogP contribution in [0.2, 0.25) is 0 Å². The molecule has 1 aliphatic carbocycles. The Bertz CT molecular complexity index is 1020. The monoisotopic (exact) mass is 421 g/mol. The summed E-state index contributed by atoms with van der Waals surface area (Å²) >= 11 is 0. The third-order valence-corrected chi connectivity index (χ3v) is 7.10. The van der Waals surface area contributed by atoms with Crippen molar-refractivity contribution < 1.29 is 22.5 Å². The fraction of sp³-hybridized carbons (Fsp3) is 0.368. The molecule has 154 valence electrons. The molecule has 1 saturated carbocycles. The van der Waals surface area contributed by atoms with Crippen LogP contribution < -0.4 is 5.32 Å². The second-order valence-corrected chi connectivity index (χ2v) is 9.04. The van der Waals surface area contributed by atoms with Gasteiger partial charge in [-0.2, -0.15) is 4.31 Å². The Morgan fingerprint density at radius 1 is 1.14 bits per heavy atom. The summed E-state index contributed by atoms with van der Waals surface area (Å²) in [7, 11) is -3.82. The van der Waals surface area contributed by atoms with Gasteiger partial charge in [-0.05, 0) is 36.2 Å². The molecule has 10 heteroatoms. The van der Waals surface area contributed by atoms with E-state index in [1.807, 2.05) is 0 Å². The first-order valence-electron chi connectivity index (χ1n) is 9.24. The number of sulfonamides is 1. The summed E-state index contributed by atoms with van der Waals surface area (Å²) in [6.45, 7) is 1.04. The van der Waals surface area contributed by atoms with Crippen LogP contribution in [0.3, 0.4) is 0 Å². The summed E-state index contributed by atoms with van der Waals surface area (Å²) in [6, 6.07) is 10.1. The predicted molar refractivity (Wildman–Crippen MR) is 104 cm³/mol. The number of nitrogens with one attached hydrogen (secondary N) is 1. The minimum absolute atomic E-state index is 0.0270. The van der Waals surface area contributed by atoms with Crippen molar-refractivity contribution >= 4 is 21.4 Å². The minimum Gasteiger partial charge on any atom is -0.379 e. The zero-order chi connectivity index (χ0) is 20.6. The first kappa shape index (κ1) is 19.7. The van der Waals surface area contributed by atoms with Gasteiger partial charge in [0.1, 0.15) is 11.5 Å². The molecule has 0 unspecified atom stereocenters. The molecule has 1 saturated heterocycles. The van der Waals surface area contributed by atoms with E-state index in [2.05, 4.69) is 5.32 Å². The molecule has 2 fully saturated rings. The quantitative estimate of drug-likeness (QED) is 0.568. The van der Waals surface area contributed by atoms with Crippen molar-refractivity contribution in [2.75, 3.05) is 31.6 Å². The number of rotatable bonds is 6. The van der Waals surface area contributed by atoms with Gasteiger partial charge in [-0.25, -0.2) is 12.8 Å². The van der Waals surface area contributed by atoms with E-state index in [9.17, 15) is 22.9 Å². The summed E-state index contributed by atoms with van der Waals surface area (Å²) in [5.74, 6) is -0.182. The van der Waals surface area contributed by atoms with Gasteiger partial charge in [0.05, 0.1) is 23.0 Å². The van der Waals surface area contributed by atoms with E-state index in [4.69, 9.17) is 4.74 Å². The van der Waals surface area contributed by atoms with E-state index in [-0.39, 0.29) is 47.1 Å². The van der Waals surface area contributed by atoms with E-state index in [0.29, 0.717) is 13.2 Å². The number of ether oxygens (including phenoxy) is 1. The highest BCUT2D eigenvalue weighted by molar-refractivity contribution is 7.89. The van der Waals surface area contributed by atoms with Gasteiger partial charge >= 0.3 is 0 Å². The van der Waals surface area contributed by atoms with E-state index < -0.39 is 14.9 Å². The third kappa shape index (κ3) is 4.09. The van der Waals surface area contributed by atoms with Crippen molar-refractivity contribution in [3.05, 3.63) is 64.0 Å². The van der Waals surface area contributed by atoms with Gasteiger partial charge < -0.3 is 10.1 Å². The number of morpholine rings is 1. The molecule has 1 aliphatic heterocycles. The first-order chi connectivity index (χ1) is 13.9. The lowest BCUT2D eigenvalue weighted by Gasteiger charge is -2.26. The number of hydrogen-bond acceptors (Lipinski definition) is 6. The van der Waals surface area contributed by atoms with Crippen LogP contribution in [-0.2, 0) is 14.8 Å². The fourth-order valence-corrected chi connectivity index (χ4v) is 4.94. The Balaban J connectivity index is 1.54. The van der Waals surface area contributed by atoms with Crippen molar-refractivity contribution in [1.29, 1.82) is 0 Å². The molecule has 2 aromatic rings. The Morgan fingerprint density at radius 2 is 1.83 bits per heavy atom. The van der Waals surface area contributed by atoms with Crippen LogP contribution in [0.1, 0.15) is 17.9 Å². The predicted octanol–water partition coefficient (Wildman–Crippen LogP) is 2.72. The number of anilines is 1. The van der Waals surface area contributed by atoms with Crippen molar-refractivity contribution in [2.24, 2.45) is 0 Å². The lowest BCUT2D eigenvalue weighted by molar-refractivity contribution is -0.384. The van der Waals surface area contributed by atoms with E-state index in [1.54, 1.807) is 12.1 Å². The Hall–Kier alpha value is -2.56. The second-order valence-electron chi connectivity index (χ2n) is 7.10. The number of nitrogens with zero attached hydrogens (tertiary/aromatic N) is 2. The lowest BCUT2D eigenvalue weighted by atomic mass is 10.1. The van der Waals surface area contributed by atoms with Crippen LogP contribution >= 0.6 is 0 Å². The molecule has 0 radical (unpaired) electrons. The van der Waals surface area contributed by atoms with Crippen molar-refractivity contribution in [2.45, 2.75) is 23.3 Å². The van der Waals surface area contributed by atoms with Gasteiger partial charge in [0.15, 0.2) is 0 Å². The molecule has 0 amide bonds. The molecule has 0 aromatic heterocycles. The van der Waals surface area contributed by atoms with Crippen LogP contribution in [-0.4, -0.2) is 50.0 Å². The van der Waals surface area contributed by atoms with E-state index in [1.165, 1.54) is 28.6 Å². The van der Waals surface area contributed by atoms with Crippen LogP contribution in [0.25, 0.3) is 0 Å². The maximum atomic E-state index is 13.1. The molecule has 2 atom stereocenters. The highest BCUT2D eigenvalue weighted by Crippen LogP contribution is 2.44. The largest absolute Gasteiger partial charge is 0.379 e. The molecular weight excluding hydrogens is 401 g/mol. The molecular formula is C19H20FN3O5S. The maximum Gasteiger partial charge on any atom is 0.293 e. The van der Waals surface area contributed by atoms with Crippen molar-refractivity contribution in [1.82, 2.24) is 4.31 Å². The van der Waals surface area contributed by atoms with Gasteiger partial charge in [-0.15, -0.1) is 0 Å². The molecule has 1 N–H and O–H groups in total. The number of benzene rings is 2. The molecule has 0 bridgehead atoms. The summed E-state index contributed by atoms with van der Waals surface area (Å²) in [6.07, 6.45) is 0.761. The molecule has 4 rings (SSSR count). The number of nitro groups is 1. The summed E-state index contributed by atoms with van der Waals surface area (Å²) in [4.78, 5) is 10.9. The average Bonchev–Trinajstić information content (AvgIpc) is 3.48. The molecule has 29 heavy (non-hydrogen) atoms. The highest BCUT2D eigenvalue weighted by Gasteiger charge is 2.39. The number of nitro benzene ring substituents is 1. The zero-order valence-corrected chi connectivity index (χ0v) is 16.3. The first-order valence-corrected chi connectivity index (χ1v) is 10.7. The molecule has 2 aliphatic rings. The zero-order valence-electron chi connectivity index (χ0n) is 15.5. The molecule has 2 aromatic carbocycles. The van der Waals surface area contributed by atoms with Gasteiger partial charge in [-0.1, -0.05) is 12.1 Å². The van der Waals surface area contributed by atoms with Crippen LogP contribution in [0.15, 0.2) is 47.4 Å². The third-order valence-electron chi connectivity index (χ3n) is 5.20. The smallest absolute Gasteiger partial charge is 0.293 e. The van der Waals surface area contributed by atoms with E-state index >= 15 is 0 Å². The Kier molecular flexibility index (Phi) is 5.24. The van der Waals surface area contributed by atoms with Gasteiger partial charge in [-0.3, -0.25) is 10.1 Å². The topological polar surface area (TPSA) is 102 Å². The second kappa shape index (κ2) is 7.69. The van der Waals surface area contributed by atoms with Crippen molar-refractivity contribution in [3.8, 4) is 0 Å². The molecule has 8 nitrogen and oxygen atoms in total. The summed E-state index contributed by atoms with van der Waals surface area (Å²) in [5.41, 5.74) is 0.938.